The van der Waals surface area contributed by atoms with Crippen molar-refractivity contribution < 1.29 is 28.0 Å². The summed E-state index contributed by atoms with van der Waals surface area (Å²) in [6.07, 6.45) is -1.38. The zero-order valence-corrected chi connectivity index (χ0v) is 17.6. The van der Waals surface area contributed by atoms with Gasteiger partial charge in [-0.1, -0.05) is 11.8 Å². The molecule has 1 amide bonds. The number of benzene rings is 1. The van der Waals surface area contributed by atoms with Gasteiger partial charge in [0.1, 0.15) is 18.1 Å². The zero-order valence-electron chi connectivity index (χ0n) is 16.8. The normalized spacial score (nSPS) is 26.4. The Morgan fingerprint density at radius 2 is 2.23 bits per heavy atom. The van der Waals surface area contributed by atoms with Crippen LogP contribution in [0.15, 0.2) is 23.2 Å². The van der Waals surface area contributed by atoms with Crippen LogP contribution in [0.1, 0.15) is 32.8 Å². The van der Waals surface area contributed by atoms with E-state index in [1.165, 1.54) is 11.8 Å². The number of hydrogen-bond donors (Lipinski definition) is 1. The SMILES string of the molecule is CC(C)(C)OC(=O)NC1=N[C@@]2(c3cc([N+](=O)[O-])ccc3F)CCO[C@H](CF)[C@H]2CS1. The summed E-state index contributed by atoms with van der Waals surface area (Å²) >= 11 is 1.17. The number of alkyl carbamates (subject to hydrolysis) is 1. The number of nitrogens with one attached hydrogen (secondary N) is 1. The van der Waals surface area contributed by atoms with E-state index in [0.29, 0.717) is 0 Å². The molecule has 3 rings (SSSR count). The largest absolute Gasteiger partial charge is 0.444 e. The van der Waals surface area contributed by atoms with Gasteiger partial charge in [-0.2, -0.15) is 0 Å². The summed E-state index contributed by atoms with van der Waals surface area (Å²) in [4.78, 5) is 27.4. The second-order valence-electron chi connectivity index (χ2n) is 8.12. The van der Waals surface area contributed by atoms with Gasteiger partial charge in [-0.3, -0.25) is 20.4 Å². The molecule has 1 saturated heterocycles. The molecule has 0 spiro atoms. The van der Waals surface area contributed by atoms with Gasteiger partial charge in [0.2, 0.25) is 0 Å². The van der Waals surface area contributed by atoms with E-state index in [1.54, 1.807) is 20.8 Å². The Balaban J connectivity index is 2.06. The van der Waals surface area contributed by atoms with Gasteiger partial charge in [0.05, 0.1) is 16.6 Å². The lowest BCUT2D eigenvalue weighted by atomic mass is 9.72. The van der Waals surface area contributed by atoms with Crippen molar-refractivity contribution in [3.8, 4) is 0 Å². The highest BCUT2D eigenvalue weighted by molar-refractivity contribution is 8.13. The first kappa shape index (κ1) is 22.4. The number of carbonyl (C=O) groups is 1. The Labute approximate surface area is 176 Å². The summed E-state index contributed by atoms with van der Waals surface area (Å²) in [5, 5.41) is 14.0. The molecule has 8 nitrogen and oxygen atoms in total. The molecule has 11 heteroatoms. The van der Waals surface area contributed by atoms with Gasteiger partial charge in [0, 0.05) is 42.4 Å². The van der Waals surface area contributed by atoms with Crippen molar-refractivity contribution in [2.75, 3.05) is 19.0 Å². The van der Waals surface area contributed by atoms with Gasteiger partial charge in [-0.05, 0) is 26.8 Å². The van der Waals surface area contributed by atoms with E-state index in [0.717, 1.165) is 18.2 Å². The molecule has 1 N–H and O–H groups in total. The Morgan fingerprint density at radius 1 is 1.50 bits per heavy atom. The third-order valence-electron chi connectivity index (χ3n) is 4.97. The first-order valence-electron chi connectivity index (χ1n) is 9.40. The molecule has 3 atom stereocenters. The summed E-state index contributed by atoms with van der Waals surface area (Å²) in [6, 6.07) is 3.21. The molecular formula is C19H23F2N3O5S. The van der Waals surface area contributed by atoms with E-state index >= 15 is 0 Å². The van der Waals surface area contributed by atoms with Gasteiger partial charge >= 0.3 is 6.09 Å². The Kier molecular flexibility index (Phi) is 6.32. The van der Waals surface area contributed by atoms with Crippen LogP contribution in [0, 0.1) is 21.8 Å². The number of nitro groups is 1. The Bertz CT molecular complexity index is 876. The minimum Gasteiger partial charge on any atom is -0.444 e. The van der Waals surface area contributed by atoms with Crippen molar-refractivity contribution in [3.63, 3.8) is 0 Å². The summed E-state index contributed by atoms with van der Waals surface area (Å²) in [5.74, 6) is -0.968. The molecule has 164 valence electrons. The molecule has 0 saturated carbocycles. The number of non-ortho nitro benzene ring substituents is 1. The lowest BCUT2D eigenvalue weighted by Crippen LogP contribution is -2.53. The molecule has 30 heavy (non-hydrogen) atoms. The molecule has 1 aromatic carbocycles. The maximum Gasteiger partial charge on any atom is 0.413 e. The van der Waals surface area contributed by atoms with E-state index in [-0.39, 0.29) is 35.2 Å². The van der Waals surface area contributed by atoms with E-state index in [2.05, 4.69) is 10.3 Å². The number of nitrogens with zero attached hydrogens (tertiary/aromatic N) is 2. The molecule has 0 radical (unpaired) electrons. The molecule has 0 aromatic heterocycles. The fraction of sp³-hybridized carbons (Fsp3) is 0.579. The van der Waals surface area contributed by atoms with Crippen molar-refractivity contribution in [3.05, 3.63) is 39.7 Å². The second-order valence-corrected chi connectivity index (χ2v) is 9.13. The van der Waals surface area contributed by atoms with Crippen LogP contribution in [-0.2, 0) is 15.0 Å². The van der Waals surface area contributed by atoms with Gasteiger partial charge < -0.3 is 9.47 Å². The average molecular weight is 443 g/mol. The summed E-state index contributed by atoms with van der Waals surface area (Å²) < 4.78 is 39.3. The third-order valence-corrected chi connectivity index (χ3v) is 5.96. The number of carbonyl (C=O) groups excluding carboxylic acids is 1. The topological polar surface area (TPSA) is 103 Å². The maximum atomic E-state index is 14.9. The van der Waals surface area contributed by atoms with Crippen molar-refractivity contribution in [2.45, 2.75) is 44.4 Å². The van der Waals surface area contributed by atoms with E-state index in [4.69, 9.17) is 9.47 Å². The van der Waals surface area contributed by atoms with Gasteiger partial charge in [0.25, 0.3) is 5.69 Å². The summed E-state index contributed by atoms with van der Waals surface area (Å²) in [5.41, 5.74) is -2.33. The van der Waals surface area contributed by atoms with Crippen molar-refractivity contribution in [2.24, 2.45) is 10.9 Å². The first-order valence-corrected chi connectivity index (χ1v) is 10.4. The quantitative estimate of drug-likeness (QED) is 0.561. The standard InChI is InChI=1S/C19H23F2N3O5S/c1-18(2,3)29-17(25)22-16-23-19(6-7-28-15(9-20)13(19)10-30-16)12-8-11(24(26)27)4-5-14(12)21/h4-5,8,13,15H,6-7,9-10H2,1-3H3,(H,22,23,25)/t13-,15-,19-/m1/s1. The number of rotatable bonds is 3. The molecule has 2 heterocycles. The molecule has 0 aliphatic carbocycles. The van der Waals surface area contributed by atoms with Crippen LogP contribution >= 0.6 is 11.8 Å². The number of halogens is 2. The highest BCUT2D eigenvalue weighted by Crippen LogP contribution is 2.49. The number of amides is 1. The number of alkyl halides is 1. The van der Waals surface area contributed by atoms with Gasteiger partial charge in [0.15, 0.2) is 5.17 Å². The van der Waals surface area contributed by atoms with Crippen LogP contribution in [0.2, 0.25) is 0 Å². The van der Waals surface area contributed by atoms with Crippen LogP contribution in [0.3, 0.4) is 0 Å². The summed E-state index contributed by atoms with van der Waals surface area (Å²) in [7, 11) is 0. The predicted octanol–water partition coefficient (Wildman–Crippen LogP) is 3.93. The van der Waals surface area contributed by atoms with E-state index in [1.807, 2.05) is 0 Å². The van der Waals surface area contributed by atoms with Crippen molar-refractivity contribution in [1.29, 1.82) is 0 Å². The third kappa shape index (κ3) is 4.56. The van der Waals surface area contributed by atoms with Crippen LogP contribution in [0.5, 0.6) is 0 Å². The molecule has 1 aromatic rings. The highest BCUT2D eigenvalue weighted by Gasteiger charge is 2.52. The van der Waals surface area contributed by atoms with Crippen molar-refractivity contribution >= 4 is 28.7 Å². The number of ether oxygens (including phenoxy) is 2. The lowest BCUT2D eigenvalue weighted by Gasteiger charge is -2.47. The van der Waals surface area contributed by atoms with E-state index < -0.39 is 46.7 Å². The fourth-order valence-electron chi connectivity index (χ4n) is 3.70. The van der Waals surface area contributed by atoms with Crippen LogP contribution < -0.4 is 5.32 Å². The number of fused-ring (bicyclic) bond motifs is 1. The molecule has 0 bridgehead atoms. The number of hydrogen-bond acceptors (Lipinski definition) is 7. The fourth-order valence-corrected chi connectivity index (χ4v) is 4.91. The highest BCUT2D eigenvalue weighted by atomic mass is 32.2. The second kappa shape index (κ2) is 8.46. The smallest absolute Gasteiger partial charge is 0.413 e. The number of aliphatic imine (C=N–C) groups is 1. The van der Waals surface area contributed by atoms with Gasteiger partial charge in [-0.15, -0.1) is 0 Å². The molecule has 2 aliphatic heterocycles. The van der Waals surface area contributed by atoms with Gasteiger partial charge in [-0.25, -0.2) is 13.6 Å². The molecule has 1 fully saturated rings. The number of thioether (sulfide) groups is 1. The van der Waals surface area contributed by atoms with Crippen molar-refractivity contribution in [1.82, 2.24) is 5.32 Å². The minimum atomic E-state index is -1.30. The number of nitro benzene ring substituents is 1. The first-order chi connectivity index (χ1) is 14.1. The van der Waals surface area contributed by atoms with E-state index in [9.17, 15) is 23.7 Å². The Hall–Kier alpha value is -2.27. The number of amidine groups is 1. The molecule has 2 aliphatic rings. The summed E-state index contributed by atoms with van der Waals surface area (Å²) in [6.45, 7) is 4.43. The molecular weight excluding hydrogens is 420 g/mol. The Morgan fingerprint density at radius 3 is 2.87 bits per heavy atom. The monoisotopic (exact) mass is 443 g/mol. The maximum absolute atomic E-state index is 14.9. The molecule has 0 unspecified atom stereocenters. The van der Waals surface area contributed by atoms with Crippen LogP contribution in [0.25, 0.3) is 0 Å². The predicted molar refractivity (Wildman–Crippen MR) is 108 cm³/mol. The average Bonchev–Trinajstić information content (AvgIpc) is 2.65. The minimum absolute atomic E-state index is 0.00719. The zero-order chi connectivity index (χ0) is 22.1. The lowest BCUT2D eigenvalue weighted by molar-refractivity contribution is -0.385. The van der Waals surface area contributed by atoms with Crippen LogP contribution in [-0.4, -0.2) is 46.9 Å². The van der Waals surface area contributed by atoms with Crippen LogP contribution in [0.4, 0.5) is 19.3 Å².